The Balaban J connectivity index is 1.76. The van der Waals surface area contributed by atoms with Crippen LogP contribution in [-0.2, 0) is 16.0 Å². The standard InChI is InChI=1S/C18H24ClN3O4/c1-18(2,3)26-17(24)22-9-12(5-13(22)10-25-4)21-8-11-7-20-15(19)6-14(11)16(21)23/h6-7,12-13H,5,8-10H2,1-4H3/t12-,13+/m1/s1. The van der Waals surface area contributed by atoms with Gasteiger partial charge in [-0.15, -0.1) is 0 Å². The molecule has 7 nitrogen and oxygen atoms in total. The number of methoxy groups -OCH3 is 1. The van der Waals surface area contributed by atoms with E-state index in [0.29, 0.717) is 36.8 Å². The van der Waals surface area contributed by atoms with Crippen LogP contribution >= 0.6 is 11.6 Å². The lowest BCUT2D eigenvalue weighted by Crippen LogP contribution is -2.43. The molecule has 142 valence electrons. The maximum atomic E-state index is 12.8. The van der Waals surface area contributed by atoms with E-state index in [2.05, 4.69) is 4.98 Å². The van der Waals surface area contributed by atoms with Gasteiger partial charge in [0.25, 0.3) is 5.91 Å². The third kappa shape index (κ3) is 3.78. The molecule has 0 aliphatic carbocycles. The Morgan fingerprint density at radius 1 is 1.42 bits per heavy atom. The number of aromatic nitrogens is 1. The second kappa shape index (κ2) is 7.04. The predicted octanol–water partition coefficient (Wildman–Crippen LogP) is 2.72. The zero-order valence-corrected chi connectivity index (χ0v) is 16.2. The summed E-state index contributed by atoms with van der Waals surface area (Å²) >= 11 is 5.92. The van der Waals surface area contributed by atoms with Crippen molar-refractivity contribution in [3.8, 4) is 0 Å². The van der Waals surface area contributed by atoms with Gasteiger partial charge >= 0.3 is 6.09 Å². The number of halogens is 1. The summed E-state index contributed by atoms with van der Waals surface area (Å²) in [4.78, 5) is 32.9. The molecule has 0 aromatic carbocycles. The predicted molar refractivity (Wildman–Crippen MR) is 96.1 cm³/mol. The molecule has 2 aliphatic heterocycles. The molecule has 2 atom stereocenters. The lowest BCUT2D eigenvalue weighted by atomic mass is 10.1. The van der Waals surface area contributed by atoms with Gasteiger partial charge in [-0.2, -0.15) is 0 Å². The summed E-state index contributed by atoms with van der Waals surface area (Å²) in [6, 6.07) is 1.38. The third-order valence-corrected chi connectivity index (χ3v) is 4.81. The second-order valence-electron chi connectivity index (χ2n) is 7.73. The normalized spacial score (nSPS) is 22.7. The van der Waals surface area contributed by atoms with Crippen LogP contribution in [0, 0.1) is 0 Å². The quantitative estimate of drug-likeness (QED) is 0.753. The van der Waals surface area contributed by atoms with E-state index in [-0.39, 0.29) is 24.1 Å². The van der Waals surface area contributed by atoms with Gasteiger partial charge in [-0.25, -0.2) is 9.78 Å². The van der Waals surface area contributed by atoms with E-state index in [0.717, 1.165) is 5.56 Å². The lowest BCUT2D eigenvalue weighted by molar-refractivity contribution is 0.0141. The summed E-state index contributed by atoms with van der Waals surface area (Å²) in [7, 11) is 1.60. The minimum atomic E-state index is -0.574. The first-order chi connectivity index (χ1) is 12.2. The van der Waals surface area contributed by atoms with Gasteiger partial charge in [0, 0.05) is 37.5 Å². The SMILES string of the molecule is COC[C@@H]1C[C@@H](N2Cc3cnc(Cl)cc3C2=O)CN1C(=O)OC(C)(C)C. The molecule has 26 heavy (non-hydrogen) atoms. The molecule has 3 rings (SSSR count). The fourth-order valence-electron chi connectivity index (χ4n) is 3.50. The monoisotopic (exact) mass is 381 g/mol. The topological polar surface area (TPSA) is 72.0 Å². The van der Waals surface area contributed by atoms with E-state index in [4.69, 9.17) is 21.1 Å². The van der Waals surface area contributed by atoms with Gasteiger partial charge < -0.3 is 19.3 Å². The number of carbonyl (C=O) groups excluding carboxylic acids is 2. The molecule has 0 bridgehead atoms. The zero-order chi connectivity index (χ0) is 19.1. The van der Waals surface area contributed by atoms with Crippen LogP contribution in [0.15, 0.2) is 12.3 Å². The van der Waals surface area contributed by atoms with Crippen molar-refractivity contribution in [3.05, 3.63) is 28.5 Å². The molecule has 3 heterocycles. The lowest BCUT2D eigenvalue weighted by Gasteiger charge is -2.28. The summed E-state index contributed by atoms with van der Waals surface area (Å²) < 4.78 is 10.8. The van der Waals surface area contributed by atoms with Crippen molar-refractivity contribution in [2.24, 2.45) is 0 Å². The molecular formula is C18H24ClN3O4. The van der Waals surface area contributed by atoms with Crippen molar-refractivity contribution < 1.29 is 19.1 Å². The molecule has 1 fully saturated rings. The minimum Gasteiger partial charge on any atom is -0.444 e. The summed E-state index contributed by atoms with van der Waals surface area (Å²) in [6.45, 7) is 6.80. The smallest absolute Gasteiger partial charge is 0.410 e. The number of nitrogens with zero attached hydrogens (tertiary/aromatic N) is 3. The van der Waals surface area contributed by atoms with Crippen LogP contribution in [0.1, 0.15) is 43.1 Å². The molecule has 0 spiro atoms. The molecule has 2 aliphatic rings. The van der Waals surface area contributed by atoms with E-state index in [1.807, 2.05) is 20.8 Å². The van der Waals surface area contributed by atoms with Gasteiger partial charge in [0.05, 0.1) is 18.7 Å². The van der Waals surface area contributed by atoms with E-state index in [1.54, 1.807) is 29.2 Å². The number of pyridine rings is 1. The number of ether oxygens (including phenoxy) is 2. The Hall–Kier alpha value is -1.86. The highest BCUT2D eigenvalue weighted by Crippen LogP contribution is 2.32. The van der Waals surface area contributed by atoms with Crippen LogP contribution in [0.25, 0.3) is 0 Å². The molecular weight excluding hydrogens is 358 g/mol. The number of amides is 2. The van der Waals surface area contributed by atoms with E-state index < -0.39 is 5.60 Å². The first kappa shape index (κ1) is 18.9. The average Bonchev–Trinajstić information content (AvgIpc) is 3.08. The maximum Gasteiger partial charge on any atom is 0.410 e. The molecule has 2 amide bonds. The van der Waals surface area contributed by atoms with Gasteiger partial charge in [-0.1, -0.05) is 11.6 Å². The van der Waals surface area contributed by atoms with Gasteiger partial charge in [-0.05, 0) is 33.3 Å². The highest BCUT2D eigenvalue weighted by molar-refractivity contribution is 6.29. The van der Waals surface area contributed by atoms with Crippen molar-refractivity contribution in [2.75, 3.05) is 20.3 Å². The fourth-order valence-corrected chi connectivity index (χ4v) is 3.66. The Morgan fingerprint density at radius 2 is 2.15 bits per heavy atom. The van der Waals surface area contributed by atoms with Crippen molar-refractivity contribution in [3.63, 3.8) is 0 Å². The first-order valence-corrected chi connectivity index (χ1v) is 9.01. The molecule has 0 radical (unpaired) electrons. The number of carbonyl (C=O) groups is 2. The summed E-state index contributed by atoms with van der Waals surface area (Å²) in [5.74, 6) is -0.0727. The Morgan fingerprint density at radius 3 is 2.81 bits per heavy atom. The maximum absolute atomic E-state index is 12.8. The van der Waals surface area contributed by atoms with Gasteiger partial charge in [-0.3, -0.25) is 4.79 Å². The van der Waals surface area contributed by atoms with Gasteiger partial charge in [0.1, 0.15) is 10.8 Å². The van der Waals surface area contributed by atoms with Crippen molar-refractivity contribution in [1.82, 2.24) is 14.8 Å². The second-order valence-corrected chi connectivity index (χ2v) is 8.12. The molecule has 8 heteroatoms. The third-order valence-electron chi connectivity index (χ3n) is 4.61. The van der Waals surface area contributed by atoms with Crippen LogP contribution < -0.4 is 0 Å². The van der Waals surface area contributed by atoms with Crippen LogP contribution in [0.2, 0.25) is 5.15 Å². The Labute approximate surface area is 158 Å². The van der Waals surface area contributed by atoms with Gasteiger partial charge in [0.15, 0.2) is 0 Å². The molecule has 0 N–H and O–H groups in total. The first-order valence-electron chi connectivity index (χ1n) is 8.63. The number of hydrogen-bond donors (Lipinski definition) is 0. The van der Waals surface area contributed by atoms with Crippen LogP contribution in [0.5, 0.6) is 0 Å². The van der Waals surface area contributed by atoms with Crippen molar-refractivity contribution >= 4 is 23.6 Å². The molecule has 1 saturated heterocycles. The van der Waals surface area contributed by atoms with Gasteiger partial charge in [0.2, 0.25) is 0 Å². The van der Waals surface area contributed by atoms with E-state index in [1.165, 1.54) is 0 Å². The van der Waals surface area contributed by atoms with Crippen LogP contribution in [0.4, 0.5) is 4.79 Å². The van der Waals surface area contributed by atoms with Crippen LogP contribution in [-0.4, -0.2) is 64.7 Å². The summed E-state index contributed by atoms with van der Waals surface area (Å²) in [6.07, 6.45) is 1.91. The number of rotatable bonds is 3. The summed E-state index contributed by atoms with van der Waals surface area (Å²) in [5, 5.41) is 0.304. The largest absolute Gasteiger partial charge is 0.444 e. The Bertz CT molecular complexity index is 719. The van der Waals surface area contributed by atoms with E-state index in [9.17, 15) is 9.59 Å². The molecule has 1 aromatic heterocycles. The molecule has 1 aromatic rings. The van der Waals surface area contributed by atoms with Crippen molar-refractivity contribution in [1.29, 1.82) is 0 Å². The fraction of sp³-hybridized carbons (Fsp3) is 0.611. The minimum absolute atomic E-state index is 0.0727. The number of fused-ring (bicyclic) bond motifs is 1. The molecule has 0 saturated carbocycles. The van der Waals surface area contributed by atoms with Crippen LogP contribution in [0.3, 0.4) is 0 Å². The number of likely N-dealkylation sites (tertiary alicyclic amines) is 1. The highest BCUT2D eigenvalue weighted by Gasteiger charge is 2.43. The number of hydrogen-bond acceptors (Lipinski definition) is 5. The molecule has 0 unspecified atom stereocenters. The van der Waals surface area contributed by atoms with E-state index >= 15 is 0 Å². The Kier molecular flexibility index (Phi) is 5.12. The zero-order valence-electron chi connectivity index (χ0n) is 15.5. The summed E-state index contributed by atoms with van der Waals surface area (Å²) in [5.41, 5.74) is 0.872. The van der Waals surface area contributed by atoms with Crippen molar-refractivity contribution in [2.45, 2.75) is 51.4 Å². The highest BCUT2D eigenvalue weighted by atomic mass is 35.5. The average molecular weight is 382 g/mol.